The lowest BCUT2D eigenvalue weighted by molar-refractivity contribution is -0.156. The Kier molecular flexibility index (Phi) is 4.34. The number of carbonyl (C=O) groups is 2. The highest BCUT2D eigenvalue weighted by molar-refractivity contribution is 5.94. The highest BCUT2D eigenvalue weighted by Crippen LogP contribution is 2.42. The summed E-state index contributed by atoms with van der Waals surface area (Å²) in [5, 5.41) is 14.7. The van der Waals surface area contributed by atoms with E-state index in [1.54, 1.807) is 21.8 Å². The van der Waals surface area contributed by atoms with Crippen LogP contribution in [0.1, 0.15) is 48.2 Å². The second-order valence-corrected chi connectivity index (χ2v) is 9.02. The molecular weight excluding hydrogens is 370 g/mol. The summed E-state index contributed by atoms with van der Waals surface area (Å²) in [4.78, 5) is 34.2. The Morgan fingerprint density at radius 1 is 1.31 bits per heavy atom. The topological polar surface area (TPSA) is 91.0 Å². The van der Waals surface area contributed by atoms with Gasteiger partial charge in [0.15, 0.2) is 5.65 Å². The fourth-order valence-corrected chi connectivity index (χ4v) is 4.89. The Morgan fingerprint density at radius 3 is 2.79 bits per heavy atom. The van der Waals surface area contributed by atoms with Gasteiger partial charge in [0.25, 0.3) is 5.91 Å². The normalized spacial score (nSPS) is 24.5. The summed E-state index contributed by atoms with van der Waals surface area (Å²) in [5.74, 6) is 0.703. The van der Waals surface area contributed by atoms with Gasteiger partial charge in [-0.05, 0) is 44.9 Å². The van der Waals surface area contributed by atoms with Crippen LogP contribution in [0, 0.1) is 18.3 Å². The lowest BCUT2D eigenvalue weighted by Crippen LogP contribution is -2.58. The molecule has 2 aromatic heterocycles. The van der Waals surface area contributed by atoms with Crippen LogP contribution in [0.3, 0.4) is 0 Å². The lowest BCUT2D eigenvalue weighted by atomic mass is 9.70. The van der Waals surface area contributed by atoms with Gasteiger partial charge in [-0.2, -0.15) is 5.10 Å². The largest absolute Gasteiger partial charge is 0.391 e. The molecule has 8 nitrogen and oxygen atoms in total. The molecule has 3 aliphatic rings. The maximum absolute atomic E-state index is 13.2. The summed E-state index contributed by atoms with van der Waals surface area (Å²) in [5.41, 5.74) is 1.55. The number of hydrogen-bond acceptors (Lipinski definition) is 5. The molecule has 0 bridgehead atoms. The van der Waals surface area contributed by atoms with Crippen molar-refractivity contribution < 1.29 is 14.7 Å². The summed E-state index contributed by atoms with van der Waals surface area (Å²) in [6.07, 6.45) is 6.93. The molecule has 2 saturated heterocycles. The van der Waals surface area contributed by atoms with E-state index in [1.165, 1.54) is 12.8 Å². The van der Waals surface area contributed by atoms with Crippen molar-refractivity contribution in [1.82, 2.24) is 24.4 Å². The number of nitrogens with zero attached hydrogens (tertiary/aromatic N) is 5. The van der Waals surface area contributed by atoms with E-state index in [-0.39, 0.29) is 11.8 Å². The Morgan fingerprint density at radius 2 is 2.07 bits per heavy atom. The number of β-amino-alcohol motifs (C(OH)–C–C–N with tert-alkyl or cyclic N) is 1. The third kappa shape index (κ3) is 3.39. The van der Waals surface area contributed by atoms with Crippen LogP contribution >= 0.6 is 0 Å². The standard InChI is InChI=1S/C21H27N5O3/c1-14-8-18-22-10-16(12-26(18)23-14)19(28)24-6-4-21(5-7-24)9-17(27)13-25(20(21)29)11-15-2-3-15/h8,10,12,15,17,27H,2-7,9,11,13H2,1H3. The molecule has 2 amide bonds. The van der Waals surface area contributed by atoms with Gasteiger partial charge in [-0.25, -0.2) is 9.50 Å². The smallest absolute Gasteiger partial charge is 0.256 e. The molecule has 1 atom stereocenters. The summed E-state index contributed by atoms with van der Waals surface area (Å²) >= 11 is 0. The molecule has 154 valence electrons. The zero-order chi connectivity index (χ0) is 20.2. The molecule has 1 spiro atoms. The second kappa shape index (κ2) is 6.79. The minimum Gasteiger partial charge on any atom is -0.391 e. The number of aryl methyl sites for hydroxylation is 1. The number of piperidine rings is 2. The quantitative estimate of drug-likeness (QED) is 0.842. The van der Waals surface area contributed by atoms with Crippen molar-refractivity contribution in [3.63, 3.8) is 0 Å². The van der Waals surface area contributed by atoms with E-state index in [0.717, 1.165) is 12.2 Å². The van der Waals surface area contributed by atoms with E-state index in [2.05, 4.69) is 10.1 Å². The number of aliphatic hydroxyl groups is 1. The number of aromatic nitrogens is 3. The summed E-state index contributed by atoms with van der Waals surface area (Å²) < 4.78 is 1.63. The fraction of sp³-hybridized carbons (Fsp3) is 0.619. The molecule has 29 heavy (non-hydrogen) atoms. The van der Waals surface area contributed by atoms with Crippen molar-refractivity contribution in [2.75, 3.05) is 26.2 Å². The zero-order valence-electron chi connectivity index (χ0n) is 16.8. The van der Waals surface area contributed by atoms with Crippen molar-refractivity contribution >= 4 is 17.5 Å². The Balaban J connectivity index is 1.29. The predicted molar refractivity (Wildman–Crippen MR) is 105 cm³/mol. The van der Waals surface area contributed by atoms with Gasteiger partial charge in [-0.1, -0.05) is 0 Å². The van der Waals surface area contributed by atoms with Gasteiger partial charge < -0.3 is 14.9 Å². The first-order chi connectivity index (χ1) is 13.9. The van der Waals surface area contributed by atoms with Crippen molar-refractivity contribution in [2.45, 2.75) is 45.1 Å². The third-order valence-electron chi connectivity index (χ3n) is 6.66. The molecule has 2 aliphatic heterocycles. The number of amides is 2. The summed E-state index contributed by atoms with van der Waals surface area (Å²) in [6.45, 7) is 4.15. The zero-order valence-corrected chi connectivity index (χ0v) is 16.8. The van der Waals surface area contributed by atoms with Crippen LogP contribution in [0.25, 0.3) is 5.65 Å². The van der Waals surface area contributed by atoms with Crippen molar-refractivity contribution in [1.29, 1.82) is 0 Å². The van der Waals surface area contributed by atoms with Gasteiger partial charge in [-0.15, -0.1) is 0 Å². The Hall–Kier alpha value is -2.48. The summed E-state index contributed by atoms with van der Waals surface area (Å²) in [7, 11) is 0. The van der Waals surface area contributed by atoms with Crippen molar-refractivity contribution in [2.24, 2.45) is 11.3 Å². The van der Waals surface area contributed by atoms with Crippen LogP contribution in [0.4, 0.5) is 0 Å². The second-order valence-electron chi connectivity index (χ2n) is 9.02. The lowest BCUT2D eigenvalue weighted by Gasteiger charge is -2.48. The van der Waals surface area contributed by atoms with E-state index >= 15 is 0 Å². The number of rotatable bonds is 3. The Bertz CT molecular complexity index is 956. The van der Waals surface area contributed by atoms with Crippen LogP contribution in [0.15, 0.2) is 18.5 Å². The molecule has 8 heteroatoms. The van der Waals surface area contributed by atoms with Gasteiger partial charge in [-0.3, -0.25) is 9.59 Å². The molecule has 1 unspecified atom stereocenters. The SMILES string of the molecule is Cc1cc2ncc(C(=O)N3CCC4(CC3)CC(O)CN(CC3CC3)C4=O)cn2n1. The monoisotopic (exact) mass is 397 g/mol. The predicted octanol–water partition coefficient (Wildman–Crippen LogP) is 1.26. The molecule has 1 saturated carbocycles. The molecule has 1 aliphatic carbocycles. The van der Waals surface area contributed by atoms with E-state index in [0.29, 0.717) is 56.0 Å². The molecule has 4 heterocycles. The van der Waals surface area contributed by atoms with Crippen LogP contribution in [-0.4, -0.2) is 73.6 Å². The maximum Gasteiger partial charge on any atom is 0.256 e. The number of carbonyl (C=O) groups excluding carboxylic acids is 2. The fourth-order valence-electron chi connectivity index (χ4n) is 4.89. The van der Waals surface area contributed by atoms with Crippen LogP contribution < -0.4 is 0 Å². The van der Waals surface area contributed by atoms with Crippen LogP contribution in [-0.2, 0) is 4.79 Å². The minimum absolute atomic E-state index is 0.0824. The minimum atomic E-state index is -0.523. The van der Waals surface area contributed by atoms with Gasteiger partial charge in [0.1, 0.15) is 0 Å². The van der Waals surface area contributed by atoms with E-state index in [4.69, 9.17) is 0 Å². The average Bonchev–Trinajstić information content (AvgIpc) is 3.43. The number of likely N-dealkylation sites (tertiary alicyclic amines) is 2. The number of fused-ring (bicyclic) bond motifs is 1. The van der Waals surface area contributed by atoms with Crippen molar-refractivity contribution in [3.05, 3.63) is 29.7 Å². The molecule has 1 N–H and O–H groups in total. The highest BCUT2D eigenvalue weighted by atomic mass is 16.3. The first-order valence-electron chi connectivity index (χ1n) is 10.5. The average molecular weight is 397 g/mol. The highest BCUT2D eigenvalue weighted by Gasteiger charge is 2.49. The van der Waals surface area contributed by atoms with E-state index in [1.807, 2.05) is 17.9 Å². The van der Waals surface area contributed by atoms with Crippen LogP contribution in [0.5, 0.6) is 0 Å². The first-order valence-corrected chi connectivity index (χ1v) is 10.5. The molecule has 5 rings (SSSR count). The third-order valence-corrected chi connectivity index (χ3v) is 6.66. The maximum atomic E-state index is 13.2. The molecule has 3 fully saturated rings. The number of aliphatic hydroxyl groups excluding tert-OH is 1. The van der Waals surface area contributed by atoms with E-state index in [9.17, 15) is 14.7 Å². The summed E-state index contributed by atoms with van der Waals surface area (Å²) in [6, 6.07) is 1.87. The van der Waals surface area contributed by atoms with E-state index < -0.39 is 11.5 Å². The number of hydrogen-bond donors (Lipinski definition) is 1. The molecular formula is C21H27N5O3. The molecule has 0 radical (unpaired) electrons. The van der Waals surface area contributed by atoms with Crippen LogP contribution in [0.2, 0.25) is 0 Å². The van der Waals surface area contributed by atoms with Gasteiger partial charge in [0.2, 0.25) is 5.91 Å². The van der Waals surface area contributed by atoms with Gasteiger partial charge in [0.05, 0.1) is 22.8 Å². The van der Waals surface area contributed by atoms with Crippen molar-refractivity contribution in [3.8, 4) is 0 Å². The molecule has 0 aromatic carbocycles. The Labute approximate surface area is 169 Å². The van der Waals surface area contributed by atoms with Gasteiger partial charge >= 0.3 is 0 Å². The molecule has 2 aromatic rings. The first kappa shape index (κ1) is 18.5. The van der Waals surface area contributed by atoms with Gasteiger partial charge in [0, 0.05) is 44.6 Å².